The number of imide groups is 1. The summed E-state index contributed by atoms with van der Waals surface area (Å²) in [6, 6.07) is 5.73. The molecule has 6 rings (SSSR count). The van der Waals surface area contributed by atoms with E-state index < -0.39 is 0 Å². The standard InChI is InChI=1S/C21H23NO4/c1-25-16-6-3-11(9-17(16)26-2)7-8-22-20(23)18-12-4-5-13(15-10-14(12)15)19(18)21(22)24/h3-6,9,12-15,18-19H,7-8,10H2,1-2H3/t12-,13-,14-,15-,18+,19+/m1/s1. The first-order valence-electron chi connectivity index (χ1n) is 9.38. The molecule has 5 aliphatic rings. The van der Waals surface area contributed by atoms with Crippen molar-refractivity contribution < 1.29 is 19.1 Å². The normalized spacial score (nSPS) is 36.2. The molecule has 0 spiro atoms. The summed E-state index contributed by atoms with van der Waals surface area (Å²) < 4.78 is 10.6. The Hall–Kier alpha value is -2.30. The molecule has 5 heteroatoms. The summed E-state index contributed by atoms with van der Waals surface area (Å²) in [5.74, 6) is 3.10. The van der Waals surface area contributed by atoms with Gasteiger partial charge in [-0.2, -0.15) is 0 Å². The molecule has 1 aliphatic heterocycles. The average Bonchev–Trinajstić information content (AvgIpc) is 3.45. The smallest absolute Gasteiger partial charge is 0.233 e. The predicted molar refractivity (Wildman–Crippen MR) is 94.7 cm³/mol. The minimum Gasteiger partial charge on any atom is -0.493 e. The van der Waals surface area contributed by atoms with Crippen LogP contribution in [0.4, 0.5) is 0 Å². The van der Waals surface area contributed by atoms with Crippen LogP contribution in [0.5, 0.6) is 11.5 Å². The number of ether oxygens (including phenoxy) is 2. The zero-order valence-electron chi connectivity index (χ0n) is 15.1. The van der Waals surface area contributed by atoms with Crippen molar-refractivity contribution >= 4 is 11.8 Å². The summed E-state index contributed by atoms with van der Waals surface area (Å²) in [7, 11) is 3.21. The Balaban J connectivity index is 1.33. The molecule has 6 atom stereocenters. The number of nitrogens with zero attached hydrogens (tertiary/aromatic N) is 1. The summed E-state index contributed by atoms with van der Waals surface area (Å²) in [5, 5.41) is 0. The fourth-order valence-electron chi connectivity index (χ4n) is 5.52. The molecule has 2 bridgehead atoms. The van der Waals surface area contributed by atoms with E-state index in [0.717, 1.165) is 5.56 Å². The van der Waals surface area contributed by atoms with Gasteiger partial charge < -0.3 is 9.47 Å². The van der Waals surface area contributed by atoms with Crippen LogP contribution in [0.15, 0.2) is 30.4 Å². The third kappa shape index (κ3) is 2.09. The Morgan fingerprint density at radius 3 is 2.15 bits per heavy atom. The largest absolute Gasteiger partial charge is 0.493 e. The van der Waals surface area contributed by atoms with Gasteiger partial charge in [-0.25, -0.2) is 0 Å². The fraction of sp³-hybridized carbons (Fsp3) is 0.524. The number of methoxy groups -OCH3 is 2. The van der Waals surface area contributed by atoms with Gasteiger partial charge in [-0.3, -0.25) is 14.5 Å². The van der Waals surface area contributed by atoms with Gasteiger partial charge in [0, 0.05) is 6.54 Å². The van der Waals surface area contributed by atoms with Crippen molar-refractivity contribution in [2.75, 3.05) is 20.8 Å². The Labute approximate surface area is 153 Å². The van der Waals surface area contributed by atoms with Crippen LogP contribution in [0.2, 0.25) is 0 Å². The minimum absolute atomic E-state index is 0.0465. The van der Waals surface area contributed by atoms with Crippen LogP contribution in [-0.2, 0) is 16.0 Å². The highest BCUT2D eigenvalue weighted by Crippen LogP contribution is 2.65. The predicted octanol–water partition coefficient (Wildman–Crippen LogP) is 2.30. The third-order valence-corrected chi connectivity index (χ3v) is 6.83. The van der Waals surface area contributed by atoms with Gasteiger partial charge in [0.05, 0.1) is 26.1 Å². The topological polar surface area (TPSA) is 55.8 Å². The molecule has 0 radical (unpaired) electrons. The maximum atomic E-state index is 13.0. The van der Waals surface area contributed by atoms with Crippen molar-refractivity contribution in [3.63, 3.8) is 0 Å². The molecular weight excluding hydrogens is 330 g/mol. The molecule has 0 aromatic heterocycles. The molecule has 1 aromatic carbocycles. The van der Waals surface area contributed by atoms with Crippen LogP contribution in [0.1, 0.15) is 12.0 Å². The second-order valence-electron chi connectivity index (χ2n) is 7.92. The molecule has 0 N–H and O–H groups in total. The summed E-state index contributed by atoms with van der Waals surface area (Å²) in [6.07, 6.45) is 6.25. The number of hydrogen-bond acceptors (Lipinski definition) is 4. The number of amides is 2. The second-order valence-corrected chi connectivity index (χ2v) is 7.92. The highest BCUT2D eigenvalue weighted by molar-refractivity contribution is 6.06. The lowest BCUT2D eigenvalue weighted by molar-refractivity contribution is -0.140. The number of hydrogen-bond donors (Lipinski definition) is 0. The molecule has 0 unspecified atom stereocenters. The molecule has 1 saturated heterocycles. The van der Waals surface area contributed by atoms with Gasteiger partial charge >= 0.3 is 0 Å². The van der Waals surface area contributed by atoms with Gasteiger partial charge in [0.1, 0.15) is 0 Å². The Morgan fingerprint density at radius 2 is 1.58 bits per heavy atom. The van der Waals surface area contributed by atoms with Crippen LogP contribution in [0.3, 0.4) is 0 Å². The number of benzene rings is 1. The van der Waals surface area contributed by atoms with Gasteiger partial charge in [-0.05, 0) is 54.2 Å². The minimum atomic E-state index is -0.105. The lowest BCUT2D eigenvalue weighted by Gasteiger charge is -2.37. The quantitative estimate of drug-likeness (QED) is 0.602. The number of allylic oxidation sites excluding steroid dienone is 2. The Kier molecular flexibility index (Phi) is 3.43. The van der Waals surface area contributed by atoms with E-state index in [0.29, 0.717) is 36.3 Å². The van der Waals surface area contributed by atoms with E-state index in [9.17, 15) is 9.59 Å². The van der Waals surface area contributed by atoms with E-state index in [4.69, 9.17) is 9.47 Å². The van der Waals surface area contributed by atoms with Crippen molar-refractivity contribution in [3.05, 3.63) is 35.9 Å². The molecule has 1 aromatic rings. The summed E-state index contributed by atoms with van der Waals surface area (Å²) in [5.41, 5.74) is 1.03. The average molecular weight is 353 g/mol. The fourth-order valence-corrected chi connectivity index (χ4v) is 5.52. The summed E-state index contributed by atoms with van der Waals surface area (Å²) in [6.45, 7) is 0.439. The van der Waals surface area contributed by atoms with Crippen molar-refractivity contribution in [1.29, 1.82) is 0 Å². The maximum absolute atomic E-state index is 13.0. The van der Waals surface area contributed by atoms with Crippen molar-refractivity contribution in [2.45, 2.75) is 12.8 Å². The summed E-state index contributed by atoms with van der Waals surface area (Å²) in [4.78, 5) is 27.5. The molecular formula is C21H23NO4. The number of carbonyl (C=O) groups is 2. The molecule has 5 nitrogen and oxygen atoms in total. The Morgan fingerprint density at radius 1 is 0.962 bits per heavy atom. The van der Waals surface area contributed by atoms with Crippen molar-refractivity contribution in [1.82, 2.24) is 4.90 Å². The molecule has 2 amide bonds. The van der Waals surface area contributed by atoms with Gasteiger partial charge in [0.2, 0.25) is 11.8 Å². The first kappa shape index (κ1) is 15.9. The SMILES string of the molecule is COc1ccc(CCN2C(=O)[C@H]3[C@@H]4C=C[C@H]([C@H]5C[C@H]45)[C@@H]3C2=O)cc1OC. The molecule has 26 heavy (non-hydrogen) atoms. The van der Waals surface area contributed by atoms with Crippen molar-refractivity contribution in [2.24, 2.45) is 35.5 Å². The molecule has 136 valence electrons. The van der Waals surface area contributed by atoms with Gasteiger partial charge in [-0.15, -0.1) is 0 Å². The number of carbonyl (C=O) groups excluding carboxylic acids is 2. The van der Waals surface area contributed by atoms with E-state index in [1.807, 2.05) is 18.2 Å². The molecule has 1 heterocycles. The molecule has 4 aliphatic carbocycles. The van der Waals surface area contributed by atoms with E-state index in [1.165, 1.54) is 11.3 Å². The van der Waals surface area contributed by atoms with E-state index >= 15 is 0 Å². The maximum Gasteiger partial charge on any atom is 0.233 e. The molecule has 3 fully saturated rings. The summed E-state index contributed by atoms with van der Waals surface area (Å²) >= 11 is 0. The first-order chi connectivity index (χ1) is 12.6. The lowest BCUT2D eigenvalue weighted by atomic mass is 9.63. The highest BCUT2D eigenvalue weighted by atomic mass is 16.5. The lowest BCUT2D eigenvalue weighted by Crippen LogP contribution is -2.40. The number of likely N-dealkylation sites (tertiary alicyclic amines) is 1. The van der Waals surface area contributed by atoms with Gasteiger partial charge in [0.15, 0.2) is 11.5 Å². The highest BCUT2D eigenvalue weighted by Gasteiger charge is 2.66. The second kappa shape index (κ2) is 5.60. The monoisotopic (exact) mass is 353 g/mol. The van der Waals surface area contributed by atoms with Crippen molar-refractivity contribution in [3.8, 4) is 11.5 Å². The van der Waals surface area contributed by atoms with E-state index in [1.54, 1.807) is 14.2 Å². The molecule has 2 saturated carbocycles. The van der Waals surface area contributed by atoms with E-state index in [-0.39, 0.29) is 35.5 Å². The van der Waals surface area contributed by atoms with Crippen LogP contribution in [0.25, 0.3) is 0 Å². The third-order valence-electron chi connectivity index (χ3n) is 6.83. The van der Waals surface area contributed by atoms with Crippen LogP contribution in [0, 0.1) is 35.5 Å². The van der Waals surface area contributed by atoms with Gasteiger partial charge in [-0.1, -0.05) is 18.2 Å². The van der Waals surface area contributed by atoms with Crippen LogP contribution >= 0.6 is 0 Å². The number of rotatable bonds is 5. The zero-order valence-corrected chi connectivity index (χ0v) is 15.1. The zero-order chi connectivity index (χ0) is 18.0. The van der Waals surface area contributed by atoms with E-state index in [2.05, 4.69) is 12.2 Å². The van der Waals surface area contributed by atoms with Crippen LogP contribution < -0.4 is 9.47 Å². The Bertz CT molecular complexity index is 780. The first-order valence-corrected chi connectivity index (χ1v) is 9.38. The van der Waals surface area contributed by atoms with Crippen LogP contribution in [-0.4, -0.2) is 37.5 Å². The van der Waals surface area contributed by atoms with Gasteiger partial charge in [0.25, 0.3) is 0 Å².